The van der Waals surface area contributed by atoms with Crippen LogP contribution in [-0.4, -0.2) is 28.5 Å². The van der Waals surface area contributed by atoms with Crippen molar-refractivity contribution in [3.8, 4) is 10.4 Å². The molecule has 3 heterocycles. The van der Waals surface area contributed by atoms with Crippen molar-refractivity contribution >= 4 is 40.2 Å². The molecule has 1 unspecified atom stereocenters. The fraction of sp³-hybridized carbons (Fsp3) is 0.150. The highest BCUT2D eigenvalue weighted by molar-refractivity contribution is 7.17. The summed E-state index contributed by atoms with van der Waals surface area (Å²) in [7, 11) is 0. The number of anilines is 1. The van der Waals surface area contributed by atoms with Crippen molar-refractivity contribution in [1.82, 2.24) is 10.3 Å². The summed E-state index contributed by atoms with van der Waals surface area (Å²) in [6.45, 7) is 0.731. The molecular weight excluding hydrogens is 394 g/mol. The maximum absolute atomic E-state index is 12.1. The Hall–Kier alpha value is -2.97. The van der Waals surface area contributed by atoms with Gasteiger partial charge in [-0.15, -0.1) is 22.7 Å². The molecule has 0 spiro atoms. The molecule has 8 heteroatoms. The molecule has 0 aliphatic carbocycles. The monoisotopic (exact) mass is 411 g/mol. The lowest BCUT2D eigenvalue weighted by Crippen LogP contribution is -2.20. The Morgan fingerprint density at radius 2 is 2.07 bits per heavy atom. The lowest BCUT2D eigenvalue weighted by Gasteiger charge is -2.18. The third-order valence-corrected chi connectivity index (χ3v) is 6.28. The molecule has 142 valence electrons. The zero-order valence-corrected chi connectivity index (χ0v) is 16.3. The van der Waals surface area contributed by atoms with Gasteiger partial charge in [0.25, 0.3) is 5.91 Å². The van der Waals surface area contributed by atoms with E-state index in [2.05, 4.69) is 15.6 Å². The van der Waals surface area contributed by atoms with Gasteiger partial charge in [0.05, 0.1) is 5.51 Å². The number of aromatic carboxylic acids is 1. The first-order chi connectivity index (χ1) is 13.6. The van der Waals surface area contributed by atoms with Crippen LogP contribution in [0.1, 0.15) is 38.1 Å². The van der Waals surface area contributed by atoms with E-state index < -0.39 is 5.97 Å². The van der Waals surface area contributed by atoms with Gasteiger partial charge < -0.3 is 15.7 Å². The minimum absolute atomic E-state index is 0.151. The van der Waals surface area contributed by atoms with Crippen LogP contribution < -0.4 is 10.6 Å². The molecule has 3 N–H and O–H groups in total. The molecule has 0 saturated carbocycles. The topological polar surface area (TPSA) is 91.3 Å². The molecule has 6 nitrogen and oxygen atoms in total. The smallest absolute Gasteiger partial charge is 0.346 e. The van der Waals surface area contributed by atoms with E-state index in [0.29, 0.717) is 16.3 Å². The first-order valence-electron chi connectivity index (χ1n) is 8.67. The van der Waals surface area contributed by atoms with Gasteiger partial charge in [-0.3, -0.25) is 4.79 Å². The number of carboxylic acid groups (broad SMARTS) is 1. The number of aromatic nitrogens is 1. The molecule has 1 aliphatic rings. The van der Waals surface area contributed by atoms with Crippen LogP contribution >= 0.6 is 22.7 Å². The SMILES string of the molecule is O=C(Nc1ccc(-c2cc(C3CC=CNC3)c(C(=O)O)s2)cc1)c1cscn1. The number of carbonyl (C=O) groups is 2. The number of nitrogens with zero attached hydrogens (tertiary/aromatic N) is 1. The Labute approximate surface area is 169 Å². The number of hydrogen-bond acceptors (Lipinski definition) is 6. The van der Waals surface area contributed by atoms with Crippen LogP contribution in [0.15, 0.2) is 53.5 Å². The number of carboxylic acids is 1. The van der Waals surface area contributed by atoms with Crippen LogP contribution in [0.3, 0.4) is 0 Å². The summed E-state index contributed by atoms with van der Waals surface area (Å²) in [6.07, 6.45) is 4.75. The molecule has 1 aliphatic heterocycles. The van der Waals surface area contributed by atoms with Gasteiger partial charge in [-0.2, -0.15) is 0 Å². The van der Waals surface area contributed by atoms with Crippen molar-refractivity contribution in [2.75, 3.05) is 11.9 Å². The maximum atomic E-state index is 12.1. The van der Waals surface area contributed by atoms with Crippen molar-refractivity contribution in [3.63, 3.8) is 0 Å². The average molecular weight is 412 g/mol. The first kappa shape index (κ1) is 18.4. The van der Waals surface area contributed by atoms with E-state index in [9.17, 15) is 14.7 Å². The lowest BCUT2D eigenvalue weighted by molar-refractivity contribution is 0.0700. The number of thiophene rings is 1. The van der Waals surface area contributed by atoms with Crippen molar-refractivity contribution in [2.24, 2.45) is 0 Å². The molecule has 3 aromatic rings. The van der Waals surface area contributed by atoms with E-state index in [0.717, 1.165) is 29.0 Å². The molecule has 4 rings (SSSR count). The van der Waals surface area contributed by atoms with Crippen LogP contribution in [0.2, 0.25) is 0 Å². The van der Waals surface area contributed by atoms with Crippen molar-refractivity contribution < 1.29 is 14.7 Å². The number of thiazole rings is 1. The third kappa shape index (κ3) is 3.83. The fourth-order valence-electron chi connectivity index (χ4n) is 3.10. The summed E-state index contributed by atoms with van der Waals surface area (Å²) in [5, 5.41) is 17.3. The minimum Gasteiger partial charge on any atom is -0.477 e. The Kier molecular flexibility index (Phi) is 5.23. The van der Waals surface area contributed by atoms with E-state index in [4.69, 9.17) is 0 Å². The van der Waals surface area contributed by atoms with Gasteiger partial charge in [0.1, 0.15) is 10.6 Å². The van der Waals surface area contributed by atoms with E-state index in [-0.39, 0.29) is 11.8 Å². The van der Waals surface area contributed by atoms with E-state index in [1.807, 2.05) is 42.6 Å². The van der Waals surface area contributed by atoms with Crippen molar-refractivity contribution in [3.05, 3.63) is 69.6 Å². The van der Waals surface area contributed by atoms with Gasteiger partial charge in [-0.25, -0.2) is 9.78 Å². The van der Waals surface area contributed by atoms with Crippen LogP contribution in [0.25, 0.3) is 10.4 Å². The van der Waals surface area contributed by atoms with Gasteiger partial charge >= 0.3 is 5.97 Å². The number of nitrogens with one attached hydrogen (secondary N) is 2. The fourth-order valence-corrected chi connectivity index (χ4v) is 4.72. The number of rotatable bonds is 5. The van der Waals surface area contributed by atoms with E-state index in [1.54, 1.807) is 10.9 Å². The average Bonchev–Trinajstić information content (AvgIpc) is 3.40. The molecule has 0 saturated heterocycles. The van der Waals surface area contributed by atoms with Gasteiger partial charge in [0.2, 0.25) is 0 Å². The predicted octanol–water partition coefficient (Wildman–Crippen LogP) is 4.41. The molecule has 28 heavy (non-hydrogen) atoms. The predicted molar refractivity (Wildman–Crippen MR) is 111 cm³/mol. The third-order valence-electron chi connectivity index (χ3n) is 4.51. The standard InChI is InChI=1S/C20H17N3O3S2/c24-19(16-10-27-11-22-16)23-14-5-3-12(4-6-14)17-8-15(18(28-17)20(25)26)13-2-1-7-21-9-13/h1,3-8,10-11,13,21H,2,9H2,(H,23,24)(H,25,26). The molecule has 1 amide bonds. The quantitative estimate of drug-likeness (QED) is 0.578. The number of carbonyl (C=O) groups excluding carboxylic acids is 1. The van der Waals surface area contributed by atoms with Gasteiger partial charge in [-0.05, 0) is 41.9 Å². The molecule has 2 aromatic heterocycles. The molecular formula is C20H17N3O3S2. The number of allylic oxidation sites excluding steroid dienone is 1. The van der Waals surface area contributed by atoms with Gasteiger partial charge in [-0.1, -0.05) is 18.2 Å². The largest absolute Gasteiger partial charge is 0.477 e. The van der Waals surface area contributed by atoms with Gasteiger partial charge in [0, 0.05) is 28.4 Å². The number of amides is 1. The highest BCUT2D eigenvalue weighted by Crippen LogP contribution is 2.37. The maximum Gasteiger partial charge on any atom is 0.346 e. The van der Waals surface area contributed by atoms with Crippen molar-refractivity contribution in [1.29, 1.82) is 0 Å². The summed E-state index contributed by atoms with van der Waals surface area (Å²) in [6, 6.07) is 9.37. The Morgan fingerprint density at radius 3 is 2.71 bits per heavy atom. The van der Waals surface area contributed by atoms with Crippen LogP contribution in [0.5, 0.6) is 0 Å². The van der Waals surface area contributed by atoms with Crippen LogP contribution in [-0.2, 0) is 0 Å². The Balaban J connectivity index is 1.56. The molecule has 0 radical (unpaired) electrons. The summed E-state index contributed by atoms with van der Waals surface area (Å²) >= 11 is 2.65. The normalized spacial score (nSPS) is 15.8. The molecule has 0 bridgehead atoms. The van der Waals surface area contributed by atoms with Gasteiger partial charge in [0.15, 0.2) is 0 Å². The summed E-state index contributed by atoms with van der Waals surface area (Å²) in [4.78, 5) is 29.1. The molecule has 1 atom stereocenters. The Bertz CT molecular complexity index is 1020. The zero-order chi connectivity index (χ0) is 19.5. The minimum atomic E-state index is -0.895. The summed E-state index contributed by atoms with van der Waals surface area (Å²) in [5.41, 5.74) is 4.45. The van der Waals surface area contributed by atoms with E-state index in [1.165, 1.54) is 22.7 Å². The van der Waals surface area contributed by atoms with Crippen LogP contribution in [0, 0.1) is 0 Å². The zero-order valence-electron chi connectivity index (χ0n) is 14.7. The van der Waals surface area contributed by atoms with Crippen molar-refractivity contribution in [2.45, 2.75) is 12.3 Å². The first-order valence-corrected chi connectivity index (χ1v) is 10.4. The summed E-state index contributed by atoms with van der Waals surface area (Å²) in [5.74, 6) is -0.996. The second-order valence-electron chi connectivity index (χ2n) is 6.35. The molecule has 1 aromatic carbocycles. The Morgan fingerprint density at radius 1 is 1.25 bits per heavy atom. The number of benzene rings is 1. The molecule has 0 fully saturated rings. The second-order valence-corrected chi connectivity index (χ2v) is 8.12. The van der Waals surface area contributed by atoms with Crippen LogP contribution in [0.4, 0.5) is 5.69 Å². The lowest BCUT2D eigenvalue weighted by atomic mass is 9.93. The van der Waals surface area contributed by atoms with E-state index >= 15 is 0 Å². The summed E-state index contributed by atoms with van der Waals surface area (Å²) < 4.78 is 0. The second kappa shape index (κ2) is 7.95. The number of hydrogen-bond donors (Lipinski definition) is 3. The highest BCUT2D eigenvalue weighted by Gasteiger charge is 2.23. The highest BCUT2D eigenvalue weighted by atomic mass is 32.1.